The number of hydrogen-bond acceptors (Lipinski definition) is 2. The van der Waals surface area contributed by atoms with Crippen molar-refractivity contribution in [3.63, 3.8) is 0 Å². The number of hydrogen-bond donors (Lipinski definition) is 1. The first kappa shape index (κ1) is 10.8. The van der Waals surface area contributed by atoms with E-state index < -0.39 is 0 Å². The van der Waals surface area contributed by atoms with E-state index in [0.29, 0.717) is 6.54 Å². The Morgan fingerprint density at radius 1 is 1.00 bits per heavy atom. The highest BCUT2D eigenvalue weighted by molar-refractivity contribution is 5.59. The largest absolute Gasteiger partial charge is 0.326 e. The number of nitrogens with two attached hydrogens (primary N) is 1. The van der Waals surface area contributed by atoms with Gasteiger partial charge in [-0.15, -0.1) is 0 Å². The fourth-order valence-corrected chi connectivity index (χ4v) is 1.69. The summed E-state index contributed by atoms with van der Waals surface area (Å²) in [6.45, 7) is 4.63. The SMILES string of the molecule is Cc1ccc(-c2ccc(CN)c(C)n2)cc1. The molecule has 0 unspecified atom stereocenters. The van der Waals surface area contributed by atoms with E-state index in [1.54, 1.807) is 0 Å². The van der Waals surface area contributed by atoms with Crippen LogP contribution in [-0.2, 0) is 6.54 Å². The van der Waals surface area contributed by atoms with Crippen molar-refractivity contribution in [2.45, 2.75) is 20.4 Å². The third kappa shape index (κ3) is 2.12. The van der Waals surface area contributed by atoms with Crippen molar-refractivity contribution in [3.8, 4) is 11.3 Å². The van der Waals surface area contributed by atoms with Crippen LogP contribution in [0.2, 0.25) is 0 Å². The molecule has 2 nitrogen and oxygen atoms in total. The number of rotatable bonds is 2. The summed E-state index contributed by atoms with van der Waals surface area (Å²) in [4.78, 5) is 4.56. The van der Waals surface area contributed by atoms with Gasteiger partial charge < -0.3 is 5.73 Å². The van der Waals surface area contributed by atoms with Crippen LogP contribution in [0.3, 0.4) is 0 Å². The molecule has 0 bridgehead atoms. The third-order valence-corrected chi connectivity index (χ3v) is 2.76. The summed E-state index contributed by atoms with van der Waals surface area (Å²) in [5.41, 5.74) is 11.2. The Kier molecular flexibility index (Phi) is 3.02. The standard InChI is InChI=1S/C14H16N2/c1-10-3-5-12(6-4-10)14-8-7-13(9-15)11(2)16-14/h3-8H,9,15H2,1-2H3. The molecule has 16 heavy (non-hydrogen) atoms. The average Bonchev–Trinajstić information content (AvgIpc) is 2.30. The van der Waals surface area contributed by atoms with E-state index >= 15 is 0 Å². The maximum atomic E-state index is 5.62. The molecule has 0 fully saturated rings. The van der Waals surface area contributed by atoms with E-state index in [4.69, 9.17) is 5.73 Å². The van der Waals surface area contributed by atoms with Crippen molar-refractivity contribution >= 4 is 0 Å². The van der Waals surface area contributed by atoms with Crippen molar-refractivity contribution in [2.24, 2.45) is 5.73 Å². The van der Waals surface area contributed by atoms with Crippen LogP contribution in [-0.4, -0.2) is 4.98 Å². The molecular weight excluding hydrogens is 196 g/mol. The molecule has 0 amide bonds. The fourth-order valence-electron chi connectivity index (χ4n) is 1.69. The second kappa shape index (κ2) is 4.45. The molecule has 1 aromatic heterocycles. The van der Waals surface area contributed by atoms with Crippen LogP contribution >= 0.6 is 0 Å². The summed E-state index contributed by atoms with van der Waals surface area (Å²) >= 11 is 0. The Bertz CT molecular complexity index is 487. The van der Waals surface area contributed by atoms with Crippen LogP contribution in [0.5, 0.6) is 0 Å². The van der Waals surface area contributed by atoms with E-state index in [9.17, 15) is 0 Å². The molecule has 0 aliphatic heterocycles. The van der Waals surface area contributed by atoms with Crippen molar-refractivity contribution in [1.29, 1.82) is 0 Å². The molecule has 0 spiro atoms. The molecule has 2 N–H and O–H groups in total. The molecule has 2 aromatic rings. The van der Waals surface area contributed by atoms with Gasteiger partial charge in [-0.2, -0.15) is 0 Å². The van der Waals surface area contributed by atoms with Gasteiger partial charge in [-0.25, -0.2) is 0 Å². The fraction of sp³-hybridized carbons (Fsp3) is 0.214. The van der Waals surface area contributed by atoms with Gasteiger partial charge in [0.15, 0.2) is 0 Å². The predicted octanol–water partition coefficient (Wildman–Crippen LogP) is 2.82. The molecule has 82 valence electrons. The summed E-state index contributed by atoms with van der Waals surface area (Å²) < 4.78 is 0. The molecule has 0 aliphatic carbocycles. The summed E-state index contributed by atoms with van der Waals surface area (Å²) in [5.74, 6) is 0. The zero-order valence-electron chi connectivity index (χ0n) is 9.70. The molecule has 0 saturated carbocycles. The van der Waals surface area contributed by atoms with Gasteiger partial charge >= 0.3 is 0 Å². The van der Waals surface area contributed by atoms with Crippen molar-refractivity contribution in [1.82, 2.24) is 4.98 Å². The van der Waals surface area contributed by atoms with E-state index in [-0.39, 0.29) is 0 Å². The number of aryl methyl sites for hydroxylation is 2. The van der Waals surface area contributed by atoms with Gasteiger partial charge in [-0.1, -0.05) is 35.9 Å². The zero-order valence-corrected chi connectivity index (χ0v) is 9.70. The lowest BCUT2D eigenvalue weighted by Gasteiger charge is -2.06. The molecule has 0 atom stereocenters. The summed E-state index contributed by atoms with van der Waals surface area (Å²) in [6.07, 6.45) is 0. The predicted molar refractivity (Wildman–Crippen MR) is 67.0 cm³/mol. The van der Waals surface area contributed by atoms with E-state index in [1.807, 2.05) is 13.0 Å². The Hall–Kier alpha value is -1.67. The number of aromatic nitrogens is 1. The van der Waals surface area contributed by atoms with Crippen LogP contribution in [0.4, 0.5) is 0 Å². The molecule has 1 heterocycles. The molecule has 2 rings (SSSR count). The smallest absolute Gasteiger partial charge is 0.0705 e. The highest BCUT2D eigenvalue weighted by Gasteiger charge is 2.02. The lowest BCUT2D eigenvalue weighted by molar-refractivity contribution is 1.01. The van der Waals surface area contributed by atoms with Gasteiger partial charge in [0.05, 0.1) is 5.69 Å². The molecule has 2 heteroatoms. The molecule has 0 radical (unpaired) electrons. The van der Waals surface area contributed by atoms with Crippen molar-refractivity contribution in [2.75, 3.05) is 0 Å². The Morgan fingerprint density at radius 2 is 1.69 bits per heavy atom. The number of pyridine rings is 1. The number of benzene rings is 1. The van der Waals surface area contributed by atoms with E-state index in [1.165, 1.54) is 5.56 Å². The van der Waals surface area contributed by atoms with Gasteiger partial charge in [0.2, 0.25) is 0 Å². The number of nitrogens with zero attached hydrogens (tertiary/aromatic N) is 1. The minimum atomic E-state index is 0.549. The van der Waals surface area contributed by atoms with Crippen LogP contribution in [0.1, 0.15) is 16.8 Å². The monoisotopic (exact) mass is 212 g/mol. The Labute approximate surface area is 96.1 Å². The summed E-state index contributed by atoms with van der Waals surface area (Å²) in [5, 5.41) is 0. The molecule has 1 aromatic carbocycles. The summed E-state index contributed by atoms with van der Waals surface area (Å²) in [7, 11) is 0. The van der Waals surface area contributed by atoms with Crippen LogP contribution in [0.25, 0.3) is 11.3 Å². The van der Waals surface area contributed by atoms with E-state index in [0.717, 1.165) is 22.5 Å². The van der Waals surface area contributed by atoms with Gasteiger partial charge in [-0.05, 0) is 25.5 Å². The zero-order chi connectivity index (χ0) is 11.5. The first-order chi connectivity index (χ1) is 7.70. The van der Waals surface area contributed by atoms with Gasteiger partial charge in [0, 0.05) is 17.8 Å². The first-order valence-electron chi connectivity index (χ1n) is 5.44. The maximum Gasteiger partial charge on any atom is 0.0705 e. The lowest BCUT2D eigenvalue weighted by atomic mass is 10.1. The van der Waals surface area contributed by atoms with Gasteiger partial charge in [0.1, 0.15) is 0 Å². The minimum Gasteiger partial charge on any atom is -0.326 e. The Balaban J connectivity index is 2.41. The molecule has 0 aliphatic rings. The lowest BCUT2D eigenvalue weighted by Crippen LogP contribution is -2.01. The average molecular weight is 212 g/mol. The van der Waals surface area contributed by atoms with Gasteiger partial charge in [-0.3, -0.25) is 4.98 Å². The molecule has 0 saturated heterocycles. The highest BCUT2D eigenvalue weighted by Crippen LogP contribution is 2.19. The van der Waals surface area contributed by atoms with Crippen molar-refractivity contribution < 1.29 is 0 Å². The highest BCUT2D eigenvalue weighted by atomic mass is 14.7. The first-order valence-corrected chi connectivity index (χ1v) is 5.44. The molecular formula is C14H16N2. The topological polar surface area (TPSA) is 38.9 Å². The second-order valence-electron chi connectivity index (χ2n) is 4.01. The normalized spacial score (nSPS) is 10.4. The van der Waals surface area contributed by atoms with Crippen LogP contribution in [0, 0.1) is 13.8 Å². The van der Waals surface area contributed by atoms with Crippen molar-refractivity contribution in [3.05, 3.63) is 53.2 Å². The summed E-state index contributed by atoms with van der Waals surface area (Å²) in [6, 6.07) is 12.5. The van der Waals surface area contributed by atoms with Crippen LogP contribution < -0.4 is 5.73 Å². The maximum absolute atomic E-state index is 5.62. The Morgan fingerprint density at radius 3 is 2.25 bits per heavy atom. The van der Waals surface area contributed by atoms with Crippen LogP contribution in [0.15, 0.2) is 36.4 Å². The van der Waals surface area contributed by atoms with Gasteiger partial charge in [0.25, 0.3) is 0 Å². The quantitative estimate of drug-likeness (QED) is 0.831. The minimum absolute atomic E-state index is 0.549. The van der Waals surface area contributed by atoms with E-state index in [2.05, 4.69) is 42.2 Å². The third-order valence-electron chi connectivity index (χ3n) is 2.76. The second-order valence-corrected chi connectivity index (χ2v) is 4.01.